The number of benzene rings is 3. The van der Waals surface area contributed by atoms with Crippen LogP contribution in [0.2, 0.25) is 0 Å². The first kappa shape index (κ1) is 26.3. The van der Waals surface area contributed by atoms with Crippen molar-refractivity contribution in [1.82, 2.24) is 10.6 Å². The van der Waals surface area contributed by atoms with Gasteiger partial charge in [0, 0.05) is 5.56 Å². The molecule has 0 aliphatic carbocycles. The van der Waals surface area contributed by atoms with Crippen LogP contribution in [0.3, 0.4) is 0 Å². The molecule has 0 saturated heterocycles. The summed E-state index contributed by atoms with van der Waals surface area (Å²) in [6, 6.07) is 19.0. The van der Waals surface area contributed by atoms with Crippen LogP contribution in [0.15, 0.2) is 66.7 Å². The molecule has 3 amide bonds. The van der Waals surface area contributed by atoms with Crippen molar-refractivity contribution in [3.63, 3.8) is 0 Å². The third kappa shape index (κ3) is 7.39. The Morgan fingerprint density at radius 1 is 0.711 bits per heavy atom. The normalized spacial score (nSPS) is 14.8. The first-order valence-electron chi connectivity index (χ1n) is 12.1. The minimum atomic E-state index is -0.400. The lowest BCUT2D eigenvalue weighted by molar-refractivity contribution is -0.123. The molecule has 0 unspecified atom stereocenters. The Labute approximate surface area is 220 Å². The lowest BCUT2D eigenvalue weighted by Crippen LogP contribution is -2.32. The molecule has 3 aromatic carbocycles. The zero-order valence-corrected chi connectivity index (χ0v) is 21.0. The highest BCUT2D eigenvalue weighted by molar-refractivity contribution is 6.06. The lowest BCUT2D eigenvalue weighted by Gasteiger charge is -2.17. The Kier molecular flexibility index (Phi) is 9.01. The van der Waals surface area contributed by atoms with E-state index >= 15 is 0 Å². The van der Waals surface area contributed by atoms with E-state index in [9.17, 15) is 14.4 Å². The molecule has 0 spiro atoms. The van der Waals surface area contributed by atoms with Gasteiger partial charge in [-0.05, 0) is 48.9 Å². The van der Waals surface area contributed by atoms with E-state index in [1.807, 2.05) is 19.1 Å². The second-order valence-electron chi connectivity index (χ2n) is 8.37. The highest BCUT2D eigenvalue weighted by Gasteiger charge is 2.18. The molecule has 3 N–H and O–H groups in total. The smallest absolute Gasteiger partial charge is 0.258 e. The van der Waals surface area contributed by atoms with Crippen LogP contribution in [0.4, 0.5) is 5.69 Å². The van der Waals surface area contributed by atoms with Crippen LogP contribution in [-0.2, 0) is 9.59 Å². The van der Waals surface area contributed by atoms with Crippen molar-refractivity contribution in [1.29, 1.82) is 0 Å². The highest BCUT2D eigenvalue weighted by atomic mass is 16.5. The molecule has 0 aromatic heterocycles. The molecule has 0 atom stereocenters. The van der Waals surface area contributed by atoms with Gasteiger partial charge in [0.2, 0.25) is 0 Å². The lowest BCUT2D eigenvalue weighted by atomic mass is 10.2. The van der Waals surface area contributed by atoms with Crippen LogP contribution in [0.5, 0.6) is 23.0 Å². The number of aryl methyl sites for hydroxylation is 1. The minimum absolute atomic E-state index is 0.206. The first-order chi connectivity index (χ1) is 18.5. The van der Waals surface area contributed by atoms with Gasteiger partial charge in [-0.15, -0.1) is 0 Å². The molecule has 3 aromatic rings. The van der Waals surface area contributed by atoms with E-state index in [1.165, 1.54) is 0 Å². The number of nitrogens with one attached hydrogen (secondary N) is 3. The molecule has 198 valence electrons. The van der Waals surface area contributed by atoms with Crippen molar-refractivity contribution in [2.24, 2.45) is 0 Å². The van der Waals surface area contributed by atoms with E-state index in [1.54, 1.807) is 54.6 Å². The minimum Gasteiger partial charge on any atom is -0.488 e. The zero-order chi connectivity index (χ0) is 26.7. The molecule has 1 aliphatic heterocycles. The molecule has 0 radical (unpaired) electrons. The quantitative estimate of drug-likeness (QED) is 0.476. The Bertz CT molecular complexity index is 1280. The summed E-state index contributed by atoms with van der Waals surface area (Å²) >= 11 is 0. The number of fused-ring (bicyclic) bond motifs is 3. The third-order valence-corrected chi connectivity index (χ3v) is 5.44. The van der Waals surface area contributed by atoms with Crippen molar-refractivity contribution >= 4 is 23.4 Å². The average molecular weight is 520 g/mol. The van der Waals surface area contributed by atoms with Gasteiger partial charge in [-0.1, -0.05) is 30.3 Å². The van der Waals surface area contributed by atoms with Crippen LogP contribution in [0, 0.1) is 6.92 Å². The highest BCUT2D eigenvalue weighted by Crippen LogP contribution is 2.35. The summed E-state index contributed by atoms with van der Waals surface area (Å²) in [7, 11) is 0. The Morgan fingerprint density at radius 2 is 1.32 bits per heavy atom. The summed E-state index contributed by atoms with van der Waals surface area (Å²) in [5.41, 5.74) is 1.62. The number of para-hydroxylation sites is 1. The third-order valence-electron chi connectivity index (χ3n) is 5.44. The number of amides is 3. The van der Waals surface area contributed by atoms with Gasteiger partial charge < -0.3 is 34.9 Å². The fourth-order valence-corrected chi connectivity index (χ4v) is 3.59. The number of rotatable bonds is 2. The van der Waals surface area contributed by atoms with E-state index in [4.69, 9.17) is 18.9 Å². The molecular formula is C28H29N3O7. The van der Waals surface area contributed by atoms with Gasteiger partial charge in [0.25, 0.3) is 17.7 Å². The Balaban J connectivity index is 1.51. The summed E-state index contributed by atoms with van der Waals surface area (Å²) in [6.07, 6.45) is 0. The van der Waals surface area contributed by atoms with E-state index in [0.717, 1.165) is 5.56 Å². The van der Waals surface area contributed by atoms with Gasteiger partial charge in [0.1, 0.15) is 30.4 Å². The van der Waals surface area contributed by atoms with Crippen molar-refractivity contribution in [3.8, 4) is 23.0 Å². The number of ether oxygens (including phenoxy) is 4. The predicted octanol–water partition coefficient (Wildman–Crippen LogP) is 2.71. The van der Waals surface area contributed by atoms with Gasteiger partial charge >= 0.3 is 0 Å². The number of carbonyl (C=O) groups excluding carboxylic acids is 3. The topological polar surface area (TPSA) is 124 Å². The van der Waals surface area contributed by atoms with E-state index < -0.39 is 5.91 Å². The average Bonchev–Trinajstić information content (AvgIpc) is 2.93. The Morgan fingerprint density at radius 3 is 1.95 bits per heavy atom. The van der Waals surface area contributed by atoms with Gasteiger partial charge in [0.05, 0.1) is 13.1 Å². The van der Waals surface area contributed by atoms with Crippen molar-refractivity contribution in [3.05, 3.63) is 77.9 Å². The van der Waals surface area contributed by atoms with Gasteiger partial charge in [-0.2, -0.15) is 0 Å². The van der Waals surface area contributed by atoms with Gasteiger partial charge in [-0.25, -0.2) is 0 Å². The van der Waals surface area contributed by atoms with Crippen LogP contribution < -0.4 is 34.9 Å². The molecule has 0 fully saturated rings. The summed E-state index contributed by atoms with van der Waals surface area (Å²) < 4.78 is 23.0. The molecule has 1 heterocycles. The maximum atomic E-state index is 12.9. The number of carbonyl (C=O) groups is 3. The van der Waals surface area contributed by atoms with E-state index in [0.29, 0.717) is 17.1 Å². The molecule has 1 aliphatic rings. The molecule has 4 rings (SSSR count). The number of hydrogen-bond acceptors (Lipinski definition) is 7. The van der Waals surface area contributed by atoms with Crippen molar-refractivity contribution < 1.29 is 33.3 Å². The van der Waals surface area contributed by atoms with Crippen LogP contribution in [-0.4, -0.2) is 57.2 Å². The molecular weight excluding hydrogens is 490 g/mol. The summed E-state index contributed by atoms with van der Waals surface area (Å²) in [4.78, 5) is 37.7. The summed E-state index contributed by atoms with van der Waals surface area (Å²) in [5.74, 6) is 0.351. The van der Waals surface area contributed by atoms with Gasteiger partial charge in [0.15, 0.2) is 24.7 Å². The maximum Gasteiger partial charge on any atom is 0.258 e. The van der Waals surface area contributed by atoms with Crippen LogP contribution in [0.25, 0.3) is 0 Å². The van der Waals surface area contributed by atoms with Crippen molar-refractivity contribution in [2.75, 3.05) is 44.8 Å². The SMILES string of the molecule is Cc1ccc2c(c1)OCCNC(=O)COc1cccc(c1NC(=O)c1ccccc1)OCC(=O)NCCO2. The zero-order valence-electron chi connectivity index (χ0n) is 21.0. The molecule has 2 bridgehead atoms. The summed E-state index contributed by atoms with van der Waals surface area (Å²) in [5, 5.41) is 8.25. The molecule has 10 heteroatoms. The van der Waals surface area contributed by atoms with E-state index in [-0.39, 0.29) is 68.5 Å². The largest absolute Gasteiger partial charge is 0.488 e. The number of anilines is 1. The van der Waals surface area contributed by atoms with Crippen LogP contribution in [0.1, 0.15) is 15.9 Å². The maximum absolute atomic E-state index is 12.9. The molecule has 10 nitrogen and oxygen atoms in total. The monoisotopic (exact) mass is 519 g/mol. The Hall–Kier alpha value is -4.73. The van der Waals surface area contributed by atoms with Gasteiger partial charge in [-0.3, -0.25) is 14.4 Å². The second-order valence-corrected chi connectivity index (χ2v) is 8.37. The number of hydrogen-bond donors (Lipinski definition) is 3. The first-order valence-corrected chi connectivity index (χ1v) is 12.1. The predicted molar refractivity (Wildman–Crippen MR) is 140 cm³/mol. The second kappa shape index (κ2) is 13.0. The van der Waals surface area contributed by atoms with E-state index in [2.05, 4.69) is 16.0 Å². The molecule has 0 saturated carbocycles. The molecule has 38 heavy (non-hydrogen) atoms. The summed E-state index contributed by atoms with van der Waals surface area (Å²) in [6.45, 7) is 2.23. The fourth-order valence-electron chi connectivity index (χ4n) is 3.59. The standard InChI is InChI=1S/C28H29N3O7/c1-19-10-11-21-24(16-19)36-15-13-30-26(33)18-38-23-9-5-8-22(37-17-25(32)29-12-14-35-21)27(23)31-28(34)20-6-3-2-4-7-20/h2-11,16H,12-15,17-18H2,1H3,(H,29,32)(H,30,33)(H,31,34). The van der Waals surface area contributed by atoms with Crippen LogP contribution >= 0.6 is 0 Å². The fraction of sp³-hybridized carbons (Fsp3) is 0.250. The van der Waals surface area contributed by atoms with Crippen molar-refractivity contribution in [2.45, 2.75) is 6.92 Å².